The molecule has 0 unspecified atom stereocenters. The van der Waals surface area contributed by atoms with E-state index in [0.717, 1.165) is 0 Å². The second kappa shape index (κ2) is 9.47. The minimum Gasteiger partial charge on any atom is -0.457 e. The van der Waals surface area contributed by atoms with E-state index < -0.39 is 24.0 Å². The van der Waals surface area contributed by atoms with Gasteiger partial charge in [-0.15, -0.1) is 0 Å². The third kappa shape index (κ3) is 5.23. The molecular formula is C26H16N2O8. The summed E-state index contributed by atoms with van der Waals surface area (Å²) in [6.45, 7) is 0. The molecule has 10 nitrogen and oxygen atoms in total. The molecular weight excluding hydrogens is 468 g/mol. The zero-order chi connectivity index (χ0) is 25.1. The maximum absolute atomic E-state index is 11.6. The number of nitrogens with one attached hydrogen (secondary N) is 2. The van der Waals surface area contributed by atoms with Gasteiger partial charge >= 0.3 is 12.2 Å². The van der Waals surface area contributed by atoms with E-state index in [1.54, 1.807) is 72.8 Å². The van der Waals surface area contributed by atoms with E-state index in [2.05, 4.69) is 0 Å². The smallest absolute Gasteiger partial charge is 0.419 e. The molecule has 10 heteroatoms. The number of cyclic esters (lactones) is 2. The van der Waals surface area contributed by atoms with E-state index in [4.69, 9.17) is 18.9 Å². The summed E-state index contributed by atoms with van der Waals surface area (Å²) < 4.78 is 21.3. The van der Waals surface area contributed by atoms with Crippen LogP contribution in [-0.2, 0) is 19.1 Å². The second-order valence-electron chi connectivity index (χ2n) is 7.52. The van der Waals surface area contributed by atoms with Gasteiger partial charge in [0.2, 0.25) is 0 Å². The minimum absolute atomic E-state index is 0.0735. The van der Waals surface area contributed by atoms with Crippen molar-refractivity contribution in [1.29, 1.82) is 0 Å². The summed E-state index contributed by atoms with van der Waals surface area (Å²) in [6.07, 6.45) is 1.31. The Balaban J connectivity index is 1.22. The first-order valence-electron chi connectivity index (χ1n) is 10.6. The lowest BCUT2D eigenvalue weighted by molar-refractivity contribution is -0.117. The lowest BCUT2D eigenvalue weighted by Gasteiger charge is -2.10. The zero-order valence-electron chi connectivity index (χ0n) is 18.3. The number of carbonyl (C=O) groups is 4. The third-order valence-electron chi connectivity index (χ3n) is 4.92. The van der Waals surface area contributed by atoms with Crippen LogP contribution in [0.5, 0.6) is 23.0 Å². The third-order valence-corrected chi connectivity index (χ3v) is 4.92. The Bertz CT molecular complexity index is 1330. The molecule has 0 atom stereocenters. The molecule has 0 aliphatic carbocycles. The van der Waals surface area contributed by atoms with Crippen LogP contribution < -0.4 is 20.1 Å². The molecule has 36 heavy (non-hydrogen) atoms. The van der Waals surface area contributed by atoms with Gasteiger partial charge in [0.15, 0.2) is 11.5 Å². The van der Waals surface area contributed by atoms with Gasteiger partial charge in [0, 0.05) is 6.07 Å². The Morgan fingerprint density at radius 2 is 0.972 bits per heavy atom. The Kier molecular flexibility index (Phi) is 5.90. The Hall–Kier alpha value is -5.38. The van der Waals surface area contributed by atoms with Crippen molar-refractivity contribution in [3.05, 3.63) is 95.4 Å². The van der Waals surface area contributed by atoms with E-state index in [-0.39, 0.29) is 11.5 Å². The number of imide groups is 2. The molecule has 2 aliphatic rings. The molecule has 0 spiro atoms. The standard InChI is InChI=1S/C26H16N2O8/c29-23-21(35-25(31)27-23)12-15-4-8-17(9-5-15)33-19-2-1-3-20(14-19)34-18-10-6-16(7-11-18)13-22-24(30)28-26(32)36-22/h1-14H,(H,27,29,31)(H,28,30,32)/b21-12+,22-13+. The van der Waals surface area contributed by atoms with E-state index in [9.17, 15) is 19.2 Å². The summed E-state index contributed by atoms with van der Waals surface area (Å²) >= 11 is 0. The molecule has 2 saturated heterocycles. The SMILES string of the molecule is O=C1NC(=O)/C(=C\c2ccc(Oc3cccc(Oc4ccc(/C=C5/OC(=O)NC5=O)cc4)c3)cc2)O1. The van der Waals surface area contributed by atoms with Gasteiger partial charge in [-0.3, -0.25) is 20.2 Å². The van der Waals surface area contributed by atoms with Gasteiger partial charge in [0.1, 0.15) is 23.0 Å². The topological polar surface area (TPSA) is 129 Å². The van der Waals surface area contributed by atoms with E-state index in [0.29, 0.717) is 34.1 Å². The van der Waals surface area contributed by atoms with Gasteiger partial charge in [0.25, 0.3) is 11.8 Å². The van der Waals surface area contributed by atoms with Crippen molar-refractivity contribution >= 4 is 36.2 Å². The number of carbonyl (C=O) groups excluding carboxylic acids is 4. The molecule has 178 valence electrons. The highest BCUT2D eigenvalue weighted by molar-refractivity contribution is 6.10. The minimum atomic E-state index is -0.799. The van der Waals surface area contributed by atoms with Crippen LogP contribution in [0.15, 0.2) is 84.3 Å². The lowest BCUT2D eigenvalue weighted by atomic mass is 10.2. The first-order valence-corrected chi connectivity index (χ1v) is 10.6. The fraction of sp³-hybridized carbons (Fsp3) is 0. The van der Waals surface area contributed by atoms with Gasteiger partial charge in [-0.25, -0.2) is 9.59 Å². The van der Waals surface area contributed by atoms with Crippen LogP contribution in [0.25, 0.3) is 12.2 Å². The van der Waals surface area contributed by atoms with Crippen molar-refractivity contribution in [2.75, 3.05) is 0 Å². The molecule has 0 aromatic heterocycles. The van der Waals surface area contributed by atoms with Crippen molar-refractivity contribution < 1.29 is 38.1 Å². The first kappa shape index (κ1) is 22.4. The maximum Gasteiger partial charge on any atom is 0.419 e. The predicted octanol–water partition coefficient (Wildman–Crippen LogP) is 4.49. The van der Waals surface area contributed by atoms with Crippen molar-refractivity contribution in [2.45, 2.75) is 0 Å². The summed E-state index contributed by atoms with van der Waals surface area (Å²) in [7, 11) is 0. The highest BCUT2D eigenvalue weighted by Crippen LogP contribution is 2.29. The van der Waals surface area contributed by atoms with Gasteiger partial charge in [-0.2, -0.15) is 0 Å². The molecule has 5 rings (SSSR count). The number of amides is 4. The second-order valence-corrected chi connectivity index (χ2v) is 7.52. The van der Waals surface area contributed by atoms with Crippen LogP contribution in [0.1, 0.15) is 11.1 Å². The first-order chi connectivity index (χ1) is 17.4. The van der Waals surface area contributed by atoms with E-state index in [1.165, 1.54) is 12.2 Å². The number of alkyl carbamates (subject to hydrolysis) is 2. The van der Waals surface area contributed by atoms with Gasteiger partial charge in [-0.1, -0.05) is 30.3 Å². The summed E-state index contributed by atoms with van der Waals surface area (Å²) in [6, 6.07) is 20.8. The van der Waals surface area contributed by atoms with Crippen LogP contribution in [-0.4, -0.2) is 24.0 Å². The van der Waals surface area contributed by atoms with Gasteiger partial charge < -0.3 is 18.9 Å². The van der Waals surface area contributed by atoms with Gasteiger partial charge in [-0.05, 0) is 59.7 Å². The number of benzene rings is 3. The maximum atomic E-state index is 11.6. The van der Waals surface area contributed by atoms with Crippen LogP contribution in [0.2, 0.25) is 0 Å². The average molecular weight is 484 g/mol. The van der Waals surface area contributed by atoms with E-state index >= 15 is 0 Å². The van der Waals surface area contributed by atoms with E-state index in [1.807, 2.05) is 10.6 Å². The van der Waals surface area contributed by atoms with Crippen molar-refractivity contribution in [1.82, 2.24) is 10.6 Å². The van der Waals surface area contributed by atoms with Crippen LogP contribution >= 0.6 is 0 Å². The number of rotatable bonds is 6. The molecule has 2 aliphatic heterocycles. The Labute approximate surface area is 203 Å². The molecule has 4 amide bonds. The molecule has 0 saturated carbocycles. The molecule has 3 aromatic rings. The van der Waals surface area contributed by atoms with Crippen LogP contribution in [0.3, 0.4) is 0 Å². The molecule has 3 aromatic carbocycles. The quantitative estimate of drug-likeness (QED) is 0.490. The fourth-order valence-electron chi connectivity index (χ4n) is 3.28. The summed E-state index contributed by atoms with van der Waals surface area (Å²) in [5.41, 5.74) is 1.31. The van der Waals surface area contributed by atoms with Crippen molar-refractivity contribution in [3.8, 4) is 23.0 Å². The summed E-state index contributed by atoms with van der Waals surface area (Å²) in [4.78, 5) is 45.3. The van der Waals surface area contributed by atoms with Crippen molar-refractivity contribution in [2.24, 2.45) is 0 Å². The summed E-state index contributed by atoms with van der Waals surface area (Å²) in [5.74, 6) is 0.862. The van der Waals surface area contributed by atoms with Crippen LogP contribution in [0, 0.1) is 0 Å². The number of ether oxygens (including phenoxy) is 4. The monoisotopic (exact) mass is 484 g/mol. The highest BCUT2D eigenvalue weighted by Gasteiger charge is 2.26. The molecule has 2 heterocycles. The normalized spacial score (nSPS) is 17.0. The molecule has 0 radical (unpaired) electrons. The Morgan fingerprint density at radius 3 is 1.33 bits per heavy atom. The summed E-state index contributed by atoms with van der Waals surface area (Å²) in [5, 5.41) is 4.07. The average Bonchev–Trinajstić information content (AvgIpc) is 3.34. The van der Waals surface area contributed by atoms with Crippen molar-refractivity contribution in [3.63, 3.8) is 0 Å². The predicted molar refractivity (Wildman–Crippen MR) is 125 cm³/mol. The van der Waals surface area contributed by atoms with Gasteiger partial charge in [0.05, 0.1) is 0 Å². The molecule has 2 N–H and O–H groups in total. The fourth-order valence-corrected chi connectivity index (χ4v) is 3.28. The number of hydrogen-bond acceptors (Lipinski definition) is 8. The Morgan fingerprint density at radius 1 is 0.556 bits per heavy atom. The zero-order valence-corrected chi connectivity index (χ0v) is 18.3. The largest absolute Gasteiger partial charge is 0.457 e. The number of hydrogen-bond donors (Lipinski definition) is 2. The molecule has 2 fully saturated rings. The van der Waals surface area contributed by atoms with Crippen LogP contribution in [0.4, 0.5) is 9.59 Å². The molecule has 0 bridgehead atoms. The highest BCUT2D eigenvalue weighted by atomic mass is 16.6. The lowest BCUT2D eigenvalue weighted by Crippen LogP contribution is -2.18.